The summed E-state index contributed by atoms with van der Waals surface area (Å²) in [5.41, 5.74) is 1.83. The van der Waals surface area contributed by atoms with Gasteiger partial charge in [-0.3, -0.25) is 14.5 Å². The van der Waals surface area contributed by atoms with Gasteiger partial charge in [0.1, 0.15) is 6.26 Å². The fraction of sp³-hybridized carbons (Fsp3) is 0.500. The highest BCUT2D eigenvalue weighted by molar-refractivity contribution is 5.93. The Balaban J connectivity index is 1.36. The van der Waals surface area contributed by atoms with E-state index in [1.807, 2.05) is 24.0 Å². The molecule has 2 aromatic rings. The molecule has 2 aliphatic heterocycles. The van der Waals surface area contributed by atoms with E-state index < -0.39 is 0 Å². The average Bonchev–Trinajstić information content (AvgIpc) is 3.18. The van der Waals surface area contributed by atoms with E-state index in [4.69, 9.17) is 4.52 Å². The van der Waals surface area contributed by atoms with Gasteiger partial charge in [-0.05, 0) is 0 Å². The van der Waals surface area contributed by atoms with Crippen LogP contribution < -0.4 is 4.90 Å². The molecule has 0 unspecified atom stereocenters. The maximum atomic E-state index is 12.0. The first kappa shape index (κ1) is 13.3. The molecule has 0 N–H and O–H groups in total. The van der Waals surface area contributed by atoms with E-state index in [2.05, 4.69) is 15.2 Å². The third-order valence-corrected chi connectivity index (χ3v) is 4.30. The van der Waals surface area contributed by atoms with E-state index >= 15 is 0 Å². The molecule has 0 atom stereocenters. The average molecular weight is 302 g/mol. The number of carbonyl (C=O) groups is 1. The van der Waals surface area contributed by atoms with Crippen LogP contribution in [0.25, 0.3) is 0 Å². The van der Waals surface area contributed by atoms with Gasteiger partial charge in [-0.25, -0.2) is 4.79 Å². The first-order valence-electron chi connectivity index (χ1n) is 7.39. The number of amides is 2. The monoisotopic (exact) mass is 302 g/mol. The molecule has 2 fully saturated rings. The van der Waals surface area contributed by atoms with Crippen molar-refractivity contribution in [1.82, 2.24) is 24.7 Å². The van der Waals surface area contributed by atoms with Crippen molar-refractivity contribution in [1.29, 1.82) is 0 Å². The van der Waals surface area contributed by atoms with Crippen LogP contribution in [0, 0.1) is 0 Å². The zero-order valence-corrected chi connectivity index (χ0v) is 12.4. The summed E-state index contributed by atoms with van der Waals surface area (Å²) < 4.78 is 6.80. The zero-order valence-electron chi connectivity index (χ0n) is 12.4. The molecule has 2 amide bonds. The third-order valence-electron chi connectivity index (χ3n) is 4.30. The minimum absolute atomic E-state index is 0.0424. The molecule has 0 saturated carbocycles. The lowest BCUT2D eigenvalue weighted by atomic mass is 10.1. The summed E-state index contributed by atoms with van der Waals surface area (Å²) in [7, 11) is 1.82. The largest absolute Gasteiger partial charge is 0.364 e. The highest BCUT2D eigenvalue weighted by atomic mass is 16.5. The van der Waals surface area contributed by atoms with E-state index in [1.54, 1.807) is 22.3 Å². The van der Waals surface area contributed by atoms with Gasteiger partial charge in [0.2, 0.25) is 0 Å². The molecular formula is C14H18N6O2. The van der Waals surface area contributed by atoms with Crippen LogP contribution in [0.5, 0.6) is 0 Å². The van der Waals surface area contributed by atoms with Crippen LogP contribution in [-0.2, 0) is 6.54 Å². The number of likely N-dealkylation sites (tertiary alicyclic amines) is 1. The fourth-order valence-corrected chi connectivity index (χ4v) is 2.94. The van der Waals surface area contributed by atoms with Crippen molar-refractivity contribution in [3.05, 3.63) is 30.4 Å². The Morgan fingerprint density at radius 3 is 2.91 bits per heavy atom. The number of aromatic nitrogens is 3. The molecule has 4 rings (SSSR count). The van der Waals surface area contributed by atoms with Crippen LogP contribution in [0.15, 0.2) is 29.2 Å². The SMILES string of the molecule is CN1CCN(c2cnn(C3CN(Cc4ccon4)C3)c2)C1=O. The van der Waals surface area contributed by atoms with E-state index in [0.29, 0.717) is 6.04 Å². The fourth-order valence-electron chi connectivity index (χ4n) is 2.94. The van der Waals surface area contributed by atoms with Crippen molar-refractivity contribution in [2.45, 2.75) is 12.6 Å². The van der Waals surface area contributed by atoms with Crippen LogP contribution >= 0.6 is 0 Å². The quantitative estimate of drug-likeness (QED) is 0.835. The van der Waals surface area contributed by atoms with Gasteiger partial charge >= 0.3 is 6.03 Å². The van der Waals surface area contributed by atoms with E-state index in [0.717, 1.165) is 44.1 Å². The number of hydrogen-bond donors (Lipinski definition) is 0. The number of urea groups is 1. The van der Waals surface area contributed by atoms with Crippen LogP contribution in [0.1, 0.15) is 11.7 Å². The van der Waals surface area contributed by atoms with Crippen molar-refractivity contribution in [2.75, 3.05) is 38.1 Å². The predicted octanol–water partition coefficient (Wildman–Crippen LogP) is 0.800. The summed E-state index contributed by atoms with van der Waals surface area (Å²) in [5, 5.41) is 8.34. The van der Waals surface area contributed by atoms with Gasteiger partial charge in [0.05, 0.1) is 23.6 Å². The lowest BCUT2D eigenvalue weighted by Crippen LogP contribution is -2.47. The summed E-state index contributed by atoms with van der Waals surface area (Å²) in [5.74, 6) is 0. The maximum Gasteiger partial charge on any atom is 0.324 e. The second-order valence-corrected chi connectivity index (χ2v) is 5.87. The number of anilines is 1. The number of carbonyl (C=O) groups excluding carboxylic acids is 1. The normalized spacial score (nSPS) is 20.0. The summed E-state index contributed by atoms with van der Waals surface area (Å²) in [6.45, 7) is 4.16. The number of likely N-dealkylation sites (N-methyl/N-ethyl adjacent to an activating group) is 1. The van der Waals surface area contributed by atoms with Gasteiger partial charge in [-0.15, -0.1) is 0 Å². The molecule has 22 heavy (non-hydrogen) atoms. The number of rotatable bonds is 4. The number of hydrogen-bond acceptors (Lipinski definition) is 5. The Morgan fingerprint density at radius 1 is 1.36 bits per heavy atom. The van der Waals surface area contributed by atoms with Crippen molar-refractivity contribution in [2.24, 2.45) is 0 Å². The minimum Gasteiger partial charge on any atom is -0.364 e. The molecule has 0 bridgehead atoms. The highest BCUT2D eigenvalue weighted by Crippen LogP contribution is 2.25. The van der Waals surface area contributed by atoms with E-state index in [9.17, 15) is 4.79 Å². The van der Waals surface area contributed by atoms with E-state index in [1.165, 1.54) is 0 Å². The van der Waals surface area contributed by atoms with Crippen LogP contribution in [0.2, 0.25) is 0 Å². The topological polar surface area (TPSA) is 70.6 Å². The smallest absolute Gasteiger partial charge is 0.324 e. The Morgan fingerprint density at radius 2 is 2.23 bits per heavy atom. The Hall–Kier alpha value is -2.35. The molecule has 8 nitrogen and oxygen atoms in total. The van der Waals surface area contributed by atoms with E-state index in [-0.39, 0.29) is 6.03 Å². The Labute approximate surface area is 127 Å². The molecule has 116 valence electrons. The first-order chi connectivity index (χ1) is 10.7. The number of nitrogens with zero attached hydrogens (tertiary/aromatic N) is 6. The van der Waals surface area contributed by atoms with Gasteiger partial charge < -0.3 is 9.42 Å². The lowest BCUT2D eigenvalue weighted by Gasteiger charge is -2.38. The third kappa shape index (κ3) is 2.25. The Bertz CT molecular complexity index is 661. The summed E-state index contributed by atoms with van der Waals surface area (Å²) in [4.78, 5) is 17.8. The van der Waals surface area contributed by atoms with Gasteiger partial charge in [-0.2, -0.15) is 5.10 Å². The van der Waals surface area contributed by atoms with Crippen LogP contribution in [0.4, 0.5) is 10.5 Å². The minimum atomic E-state index is 0.0424. The maximum absolute atomic E-state index is 12.0. The molecule has 0 aliphatic carbocycles. The van der Waals surface area contributed by atoms with Gasteiger partial charge in [-0.1, -0.05) is 5.16 Å². The lowest BCUT2D eigenvalue weighted by molar-refractivity contribution is 0.0884. The van der Waals surface area contributed by atoms with Crippen molar-refractivity contribution in [3.8, 4) is 0 Å². The zero-order chi connectivity index (χ0) is 15.1. The molecule has 2 aromatic heterocycles. The highest BCUT2D eigenvalue weighted by Gasteiger charge is 2.31. The van der Waals surface area contributed by atoms with Crippen molar-refractivity contribution in [3.63, 3.8) is 0 Å². The molecule has 8 heteroatoms. The second-order valence-electron chi connectivity index (χ2n) is 5.87. The standard InChI is InChI=1S/C14H18N6O2/c1-17-3-4-19(14(17)21)12-6-15-20(10-12)13-8-18(9-13)7-11-2-5-22-16-11/h2,5-6,10,13H,3-4,7-9H2,1H3. The molecule has 0 spiro atoms. The van der Waals surface area contributed by atoms with Crippen molar-refractivity contribution >= 4 is 11.7 Å². The van der Waals surface area contributed by atoms with Gasteiger partial charge in [0.15, 0.2) is 0 Å². The van der Waals surface area contributed by atoms with Crippen molar-refractivity contribution < 1.29 is 9.32 Å². The van der Waals surface area contributed by atoms with Gasteiger partial charge in [0, 0.05) is 52.0 Å². The van der Waals surface area contributed by atoms with Gasteiger partial charge in [0.25, 0.3) is 0 Å². The molecule has 2 aliphatic rings. The summed E-state index contributed by atoms with van der Waals surface area (Å²) >= 11 is 0. The predicted molar refractivity (Wildman–Crippen MR) is 78.4 cm³/mol. The molecular weight excluding hydrogens is 284 g/mol. The second kappa shape index (κ2) is 5.13. The molecule has 0 radical (unpaired) electrons. The summed E-state index contributed by atoms with van der Waals surface area (Å²) in [6, 6.07) is 2.28. The molecule has 4 heterocycles. The molecule has 0 aromatic carbocycles. The summed E-state index contributed by atoms with van der Waals surface area (Å²) in [6.07, 6.45) is 5.34. The van der Waals surface area contributed by atoms with Crippen LogP contribution in [-0.4, -0.2) is 64.0 Å². The molecule has 2 saturated heterocycles. The van der Waals surface area contributed by atoms with Crippen LogP contribution in [0.3, 0.4) is 0 Å². The first-order valence-corrected chi connectivity index (χ1v) is 7.39. The Kier molecular flexibility index (Phi) is 3.11.